The Bertz CT molecular complexity index is 1340. The lowest BCUT2D eigenvalue weighted by atomic mass is 9.99. The highest BCUT2D eigenvalue weighted by molar-refractivity contribution is 7.91. The molecule has 2 aromatic carbocycles. The highest BCUT2D eigenvalue weighted by atomic mass is 32.2. The fourth-order valence-electron chi connectivity index (χ4n) is 3.56. The van der Waals surface area contributed by atoms with Crippen LogP contribution in [0.3, 0.4) is 0 Å². The van der Waals surface area contributed by atoms with Crippen LogP contribution in [0.2, 0.25) is 0 Å². The van der Waals surface area contributed by atoms with Crippen molar-refractivity contribution in [3.8, 4) is 16.9 Å². The van der Waals surface area contributed by atoms with Gasteiger partial charge >= 0.3 is 0 Å². The number of sulfone groups is 1. The van der Waals surface area contributed by atoms with E-state index < -0.39 is 15.9 Å². The molecular formula is C23H24N2O4S. The van der Waals surface area contributed by atoms with Crippen LogP contribution in [0.25, 0.3) is 33.1 Å². The number of aliphatic hydroxyl groups excluding tert-OH is 1. The van der Waals surface area contributed by atoms with Gasteiger partial charge < -0.3 is 14.8 Å². The molecule has 0 aliphatic rings. The predicted octanol–water partition coefficient (Wildman–Crippen LogP) is 4.24. The second-order valence-electron chi connectivity index (χ2n) is 7.49. The monoisotopic (exact) mass is 424 g/mol. The molecule has 0 saturated carbocycles. The van der Waals surface area contributed by atoms with Gasteiger partial charge in [-0.1, -0.05) is 19.1 Å². The van der Waals surface area contributed by atoms with Gasteiger partial charge in [0, 0.05) is 17.0 Å². The Hall–Kier alpha value is -2.90. The molecule has 30 heavy (non-hydrogen) atoms. The predicted molar refractivity (Wildman–Crippen MR) is 119 cm³/mol. The molecule has 0 fully saturated rings. The highest BCUT2D eigenvalue weighted by Crippen LogP contribution is 2.39. The Morgan fingerprint density at radius 2 is 2.00 bits per heavy atom. The summed E-state index contributed by atoms with van der Waals surface area (Å²) >= 11 is 0. The summed E-state index contributed by atoms with van der Waals surface area (Å²) in [6.07, 6.45) is 1.20. The summed E-state index contributed by atoms with van der Waals surface area (Å²) in [6, 6.07) is 12.8. The van der Waals surface area contributed by atoms with Crippen molar-refractivity contribution in [2.24, 2.45) is 0 Å². The molecule has 1 atom stereocenters. The van der Waals surface area contributed by atoms with Crippen LogP contribution in [0.5, 0.6) is 5.75 Å². The first-order valence-corrected chi connectivity index (χ1v) is 11.5. The topological polar surface area (TPSA) is 92.3 Å². The zero-order valence-corrected chi connectivity index (χ0v) is 18.0. The van der Waals surface area contributed by atoms with Gasteiger partial charge in [-0.25, -0.2) is 13.4 Å². The van der Waals surface area contributed by atoms with Gasteiger partial charge in [0.1, 0.15) is 18.0 Å². The Balaban J connectivity index is 1.99. The van der Waals surface area contributed by atoms with Crippen molar-refractivity contribution in [1.82, 2.24) is 9.97 Å². The molecule has 0 bridgehead atoms. The number of hydrogen-bond acceptors (Lipinski definition) is 5. The molecule has 6 nitrogen and oxygen atoms in total. The van der Waals surface area contributed by atoms with Crippen LogP contribution in [0, 0.1) is 6.92 Å². The number of aryl methyl sites for hydroxylation is 1. The number of aliphatic hydroxyl groups is 1. The number of ether oxygens (including phenoxy) is 1. The van der Waals surface area contributed by atoms with Gasteiger partial charge in [0.2, 0.25) is 0 Å². The van der Waals surface area contributed by atoms with Crippen LogP contribution >= 0.6 is 0 Å². The summed E-state index contributed by atoms with van der Waals surface area (Å²) in [5, 5.41) is 11.5. The third-order valence-electron chi connectivity index (χ3n) is 5.07. The zero-order valence-electron chi connectivity index (χ0n) is 17.1. The maximum absolute atomic E-state index is 12.4. The van der Waals surface area contributed by atoms with Gasteiger partial charge in [0.05, 0.1) is 22.3 Å². The lowest BCUT2D eigenvalue weighted by Crippen LogP contribution is -2.12. The lowest BCUT2D eigenvalue weighted by Gasteiger charge is -2.12. The zero-order chi connectivity index (χ0) is 21.5. The fourth-order valence-corrected chi connectivity index (χ4v) is 4.49. The van der Waals surface area contributed by atoms with E-state index in [1.807, 2.05) is 25.1 Å². The first kappa shape index (κ1) is 20.4. The van der Waals surface area contributed by atoms with E-state index in [0.29, 0.717) is 10.6 Å². The summed E-state index contributed by atoms with van der Waals surface area (Å²) < 4.78 is 30.6. The number of H-pyrrole nitrogens is 1. The lowest BCUT2D eigenvalue weighted by molar-refractivity contribution is 0.123. The van der Waals surface area contributed by atoms with E-state index in [4.69, 9.17) is 4.74 Å². The molecule has 0 spiro atoms. The fraction of sp³-hybridized carbons (Fsp3) is 0.261. The van der Waals surface area contributed by atoms with Gasteiger partial charge in [-0.2, -0.15) is 0 Å². The number of aromatic amines is 1. The average molecular weight is 425 g/mol. The number of aromatic nitrogens is 2. The standard InChI is InChI=1S/C23H24N2O4S/c1-4-30(27,28)17-7-5-6-16(11-17)18-8-9-20(29-13-15(3)26)22-21(18)19-10-14(2)12-24-23(19)25-22/h5-12,15,26H,4,13H2,1-3H3,(H,24,25)/t15-/m1/s1. The Morgan fingerprint density at radius 1 is 1.20 bits per heavy atom. The number of benzene rings is 2. The average Bonchev–Trinajstić information content (AvgIpc) is 3.11. The minimum Gasteiger partial charge on any atom is -0.489 e. The molecule has 2 aromatic heterocycles. The Morgan fingerprint density at radius 3 is 2.73 bits per heavy atom. The van der Waals surface area contributed by atoms with Crippen molar-refractivity contribution in [3.63, 3.8) is 0 Å². The second kappa shape index (κ2) is 7.74. The molecule has 2 heterocycles. The van der Waals surface area contributed by atoms with Crippen LogP contribution in [0.4, 0.5) is 0 Å². The number of nitrogens with zero attached hydrogens (tertiary/aromatic N) is 1. The summed E-state index contributed by atoms with van der Waals surface area (Å²) in [7, 11) is -3.32. The summed E-state index contributed by atoms with van der Waals surface area (Å²) in [6.45, 7) is 5.46. The number of hydrogen-bond donors (Lipinski definition) is 2. The summed E-state index contributed by atoms with van der Waals surface area (Å²) in [4.78, 5) is 8.14. The highest BCUT2D eigenvalue weighted by Gasteiger charge is 2.18. The molecule has 0 aliphatic heterocycles. The van der Waals surface area contributed by atoms with E-state index in [1.54, 1.807) is 38.2 Å². The Kier molecular flexibility index (Phi) is 5.26. The van der Waals surface area contributed by atoms with Crippen molar-refractivity contribution < 1.29 is 18.3 Å². The van der Waals surface area contributed by atoms with E-state index in [0.717, 1.165) is 38.6 Å². The van der Waals surface area contributed by atoms with Gasteiger partial charge in [-0.05, 0) is 60.9 Å². The summed E-state index contributed by atoms with van der Waals surface area (Å²) in [5.41, 5.74) is 4.21. The first-order valence-electron chi connectivity index (χ1n) is 9.85. The molecule has 0 saturated heterocycles. The van der Waals surface area contributed by atoms with E-state index in [-0.39, 0.29) is 12.4 Å². The van der Waals surface area contributed by atoms with Crippen molar-refractivity contribution >= 4 is 31.8 Å². The van der Waals surface area contributed by atoms with Crippen LogP contribution in [-0.4, -0.2) is 42.0 Å². The quantitative estimate of drug-likeness (QED) is 0.483. The third-order valence-corrected chi connectivity index (χ3v) is 6.80. The molecular weight excluding hydrogens is 400 g/mol. The van der Waals surface area contributed by atoms with E-state index in [1.165, 1.54) is 0 Å². The molecule has 0 aliphatic carbocycles. The van der Waals surface area contributed by atoms with E-state index in [9.17, 15) is 13.5 Å². The third kappa shape index (κ3) is 3.66. The van der Waals surface area contributed by atoms with Crippen LogP contribution in [0.15, 0.2) is 53.6 Å². The molecule has 7 heteroatoms. The van der Waals surface area contributed by atoms with Gasteiger partial charge in [0.15, 0.2) is 9.84 Å². The van der Waals surface area contributed by atoms with E-state index in [2.05, 4.69) is 16.0 Å². The number of pyridine rings is 1. The Labute approximate surface area is 175 Å². The maximum atomic E-state index is 12.4. The molecule has 0 unspecified atom stereocenters. The number of nitrogens with one attached hydrogen (secondary N) is 1. The second-order valence-corrected chi connectivity index (χ2v) is 9.76. The van der Waals surface area contributed by atoms with Crippen molar-refractivity contribution in [2.75, 3.05) is 12.4 Å². The van der Waals surface area contributed by atoms with Gasteiger partial charge in [-0.3, -0.25) is 0 Å². The van der Waals surface area contributed by atoms with Gasteiger partial charge in [0.25, 0.3) is 0 Å². The number of fused-ring (bicyclic) bond motifs is 3. The van der Waals surface area contributed by atoms with Gasteiger partial charge in [-0.15, -0.1) is 0 Å². The molecule has 0 radical (unpaired) electrons. The molecule has 156 valence electrons. The van der Waals surface area contributed by atoms with Crippen molar-refractivity contribution in [3.05, 3.63) is 54.2 Å². The maximum Gasteiger partial charge on any atom is 0.178 e. The van der Waals surface area contributed by atoms with E-state index >= 15 is 0 Å². The number of rotatable bonds is 6. The summed E-state index contributed by atoms with van der Waals surface area (Å²) in [5.74, 6) is 0.663. The molecule has 4 rings (SSSR count). The molecule has 2 N–H and O–H groups in total. The molecule has 0 amide bonds. The smallest absolute Gasteiger partial charge is 0.178 e. The van der Waals surface area contributed by atoms with Crippen molar-refractivity contribution in [1.29, 1.82) is 0 Å². The molecule has 4 aromatic rings. The first-order chi connectivity index (χ1) is 14.3. The SMILES string of the molecule is CCS(=O)(=O)c1cccc(-c2ccc(OC[C@@H](C)O)c3[nH]c4ncc(C)cc4c23)c1. The van der Waals surface area contributed by atoms with Crippen LogP contribution in [0.1, 0.15) is 19.4 Å². The normalized spacial score (nSPS) is 13.1. The van der Waals surface area contributed by atoms with Crippen LogP contribution < -0.4 is 4.74 Å². The minimum atomic E-state index is -3.32. The van der Waals surface area contributed by atoms with Crippen LogP contribution in [-0.2, 0) is 9.84 Å². The van der Waals surface area contributed by atoms with Crippen molar-refractivity contribution in [2.45, 2.75) is 31.8 Å². The largest absolute Gasteiger partial charge is 0.489 e. The minimum absolute atomic E-state index is 0.0498.